The summed E-state index contributed by atoms with van der Waals surface area (Å²) in [7, 11) is 0. The molecule has 56 heavy (non-hydrogen) atoms. The van der Waals surface area contributed by atoms with Gasteiger partial charge in [-0.3, -0.25) is 0 Å². The van der Waals surface area contributed by atoms with E-state index in [1.54, 1.807) is 0 Å². The van der Waals surface area contributed by atoms with E-state index in [2.05, 4.69) is 209 Å². The van der Waals surface area contributed by atoms with E-state index in [1.807, 2.05) is 11.3 Å². The van der Waals surface area contributed by atoms with Gasteiger partial charge in [-0.2, -0.15) is 0 Å². The van der Waals surface area contributed by atoms with Gasteiger partial charge in [0.1, 0.15) is 0 Å². The molecule has 0 atom stereocenters. The maximum atomic E-state index is 2.45. The van der Waals surface area contributed by atoms with Crippen LogP contribution in [0.5, 0.6) is 0 Å². The molecule has 0 radical (unpaired) electrons. The second-order valence-electron chi connectivity index (χ2n) is 16.5. The summed E-state index contributed by atoms with van der Waals surface area (Å²) in [5, 5.41) is 2.69. The van der Waals surface area contributed by atoms with Gasteiger partial charge in [0.15, 0.2) is 0 Å². The molecule has 0 N–H and O–H groups in total. The zero-order valence-electron chi connectivity index (χ0n) is 32.1. The Labute approximate surface area is 333 Å². The first kappa shape index (κ1) is 33.1. The van der Waals surface area contributed by atoms with Crippen LogP contribution in [-0.2, 0) is 10.8 Å². The molecule has 268 valence electrons. The van der Waals surface area contributed by atoms with Gasteiger partial charge in [0, 0.05) is 53.6 Å². The molecule has 2 heteroatoms. The molecular weight excluding hydrogens is 695 g/mol. The molecule has 0 aliphatic heterocycles. The van der Waals surface area contributed by atoms with Gasteiger partial charge in [-0.25, -0.2) is 0 Å². The average molecular weight is 736 g/mol. The zero-order chi connectivity index (χ0) is 37.8. The molecule has 9 aromatic rings. The summed E-state index contributed by atoms with van der Waals surface area (Å²) in [6.45, 7) is 9.48. The lowest BCUT2D eigenvalue weighted by atomic mass is 9.81. The van der Waals surface area contributed by atoms with E-state index in [4.69, 9.17) is 0 Å². The molecule has 0 unspecified atom stereocenters. The summed E-state index contributed by atoms with van der Waals surface area (Å²) in [6, 6.07) is 65.5. The van der Waals surface area contributed by atoms with Crippen molar-refractivity contribution in [3.8, 4) is 44.5 Å². The molecule has 8 aromatic carbocycles. The maximum Gasteiger partial charge on any atom is 0.0468 e. The normalized spacial score (nSPS) is 14.4. The second kappa shape index (κ2) is 12.1. The average Bonchev–Trinajstić information content (AvgIpc) is 3.81. The number of fused-ring (bicyclic) bond motifs is 10. The third-order valence-corrected chi connectivity index (χ3v) is 13.9. The smallest absolute Gasteiger partial charge is 0.0468 e. The van der Waals surface area contributed by atoms with Crippen LogP contribution >= 0.6 is 11.3 Å². The minimum absolute atomic E-state index is 0.0350. The number of benzene rings is 8. The molecule has 0 fully saturated rings. The van der Waals surface area contributed by atoms with Gasteiger partial charge in [-0.15, -0.1) is 11.3 Å². The third-order valence-electron chi connectivity index (χ3n) is 12.7. The van der Waals surface area contributed by atoms with E-state index in [1.165, 1.54) is 86.9 Å². The summed E-state index contributed by atoms with van der Waals surface area (Å²) in [6.07, 6.45) is 0. The van der Waals surface area contributed by atoms with Crippen LogP contribution < -0.4 is 4.90 Å². The minimum Gasteiger partial charge on any atom is -0.310 e. The van der Waals surface area contributed by atoms with Gasteiger partial charge < -0.3 is 4.90 Å². The second-order valence-corrected chi connectivity index (χ2v) is 17.6. The molecule has 11 rings (SSSR count). The van der Waals surface area contributed by atoms with Crippen molar-refractivity contribution in [3.05, 3.63) is 198 Å². The van der Waals surface area contributed by atoms with Crippen molar-refractivity contribution >= 4 is 48.6 Å². The van der Waals surface area contributed by atoms with Gasteiger partial charge >= 0.3 is 0 Å². The lowest BCUT2D eigenvalue weighted by Gasteiger charge is -2.27. The molecule has 0 saturated carbocycles. The fraction of sp³-hybridized carbons (Fsp3) is 0.111. The number of nitrogens with zero attached hydrogens (tertiary/aromatic N) is 1. The van der Waals surface area contributed by atoms with E-state index in [-0.39, 0.29) is 10.8 Å². The van der Waals surface area contributed by atoms with Crippen molar-refractivity contribution in [2.75, 3.05) is 4.90 Å². The molecule has 0 spiro atoms. The van der Waals surface area contributed by atoms with Crippen molar-refractivity contribution in [3.63, 3.8) is 0 Å². The number of rotatable bonds is 5. The zero-order valence-corrected chi connectivity index (χ0v) is 32.9. The Morgan fingerprint density at radius 3 is 1.70 bits per heavy atom. The van der Waals surface area contributed by atoms with Crippen molar-refractivity contribution in [2.45, 2.75) is 38.5 Å². The van der Waals surface area contributed by atoms with Crippen LogP contribution in [0, 0.1) is 0 Å². The fourth-order valence-electron chi connectivity index (χ4n) is 9.71. The first-order valence-electron chi connectivity index (χ1n) is 19.7. The highest BCUT2D eigenvalue weighted by Crippen LogP contribution is 2.55. The Hall–Kier alpha value is -6.22. The minimum atomic E-state index is -0.0941. The Morgan fingerprint density at radius 1 is 0.375 bits per heavy atom. The van der Waals surface area contributed by atoms with Crippen LogP contribution in [-0.4, -0.2) is 0 Å². The van der Waals surface area contributed by atoms with Crippen LogP contribution in [0.3, 0.4) is 0 Å². The summed E-state index contributed by atoms with van der Waals surface area (Å²) in [5.41, 5.74) is 19.2. The Balaban J connectivity index is 1.04. The highest BCUT2D eigenvalue weighted by atomic mass is 32.1. The largest absolute Gasteiger partial charge is 0.310 e. The fourth-order valence-corrected chi connectivity index (χ4v) is 11.0. The van der Waals surface area contributed by atoms with Crippen molar-refractivity contribution in [1.29, 1.82) is 0 Å². The van der Waals surface area contributed by atoms with E-state index in [0.29, 0.717) is 0 Å². The Kier molecular flexibility index (Phi) is 7.18. The highest BCUT2D eigenvalue weighted by molar-refractivity contribution is 7.26. The van der Waals surface area contributed by atoms with E-state index < -0.39 is 0 Å². The van der Waals surface area contributed by atoms with Gasteiger partial charge in [0.25, 0.3) is 0 Å². The van der Waals surface area contributed by atoms with E-state index in [0.717, 1.165) is 17.1 Å². The monoisotopic (exact) mass is 735 g/mol. The topological polar surface area (TPSA) is 3.24 Å². The maximum absolute atomic E-state index is 2.45. The number of hydrogen-bond donors (Lipinski definition) is 0. The standard InChI is InChI=1S/C54H41NS/c1-53(2)47-30-27-40(33-45(47)51-48(53)31-29-44-43-15-9-11-17-50(43)56-52(44)51)55(38-23-18-35(19-24-38)34-12-6-5-7-13-34)39-25-20-36(21-26-39)37-22-28-42-41-14-8-10-16-46(41)54(3,4)49(42)32-37/h5-33H,1-4H3. The van der Waals surface area contributed by atoms with Gasteiger partial charge in [-0.1, -0.05) is 155 Å². The molecule has 1 nitrogen and oxygen atoms in total. The van der Waals surface area contributed by atoms with Crippen molar-refractivity contribution < 1.29 is 0 Å². The molecule has 2 aliphatic carbocycles. The van der Waals surface area contributed by atoms with Crippen LogP contribution in [0.25, 0.3) is 64.7 Å². The van der Waals surface area contributed by atoms with E-state index in [9.17, 15) is 0 Å². The lowest BCUT2D eigenvalue weighted by Crippen LogP contribution is -2.15. The van der Waals surface area contributed by atoms with Crippen molar-refractivity contribution in [1.82, 2.24) is 0 Å². The van der Waals surface area contributed by atoms with Gasteiger partial charge in [-0.05, 0) is 110 Å². The SMILES string of the molecule is CC1(C)c2ccccc2-c2ccc(-c3ccc(N(c4ccc(-c5ccccc5)cc4)c4ccc5c(c4)-c4c(ccc6c4sc4ccccc46)C5(C)C)cc3)cc21. The first-order chi connectivity index (χ1) is 27.3. The number of hydrogen-bond acceptors (Lipinski definition) is 2. The highest BCUT2D eigenvalue weighted by Gasteiger charge is 2.38. The van der Waals surface area contributed by atoms with Gasteiger partial charge in [0.05, 0.1) is 0 Å². The summed E-state index contributed by atoms with van der Waals surface area (Å²) in [5.74, 6) is 0. The van der Waals surface area contributed by atoms with Crippen LogP contribution in [0.2, 0.25) is 0 Å². The number of anilines is 3. The molecule has 1 heterocycles. The Morgan fingerprint density at radius 2 is 0.929 bits per heavy atom. The Bertz CT molecular complexity index is 3000. The molecular formula is C54H41NS. The predicted octanol–water partition coefficient (Wildman–Crippen LogP) is 15.5. The first-order valence-corrected chi connectivity index (χ1v) is 20.5. The number of thiophene rings is 1. The molecule has 0 amide bonds. The predicted molar refractivity (Wildman–Crippen MR) is 240 cm³/mol. The quantitative estimate of drug-likeness (QED) is 0.170. The van der Waals surface area contributed by atoms with Crippen molar-refractivity contribution in [2.24, 2.45) is 0 Å². The molecule has 0 bridgehead atoms. The van der Waals surface area contributed by atoms with E-state index >= 15 is 0 Å². The molecule has 0 saturated heterocycles. The van der Waals surface area contributed by atoms with Gasteiger partial charge in [0.2, 0.25) is 0 Å². The van der Waals surface area contributed by atoms with Crippen LogP contribution in [0.4, 0.5) is 17.1 Å². The third kappa shape index (κ3) is 4.85. The summed E-state index contributed by atoms with van der Waals surface area (Å²) in [4.78, 5) is 2.43. The summed E-state index contributed by atoms with van der Waals surface area (Å²) >= 11 is 1.93. The lowest BCUT2D eigenvalue weighted by molar-refractivity contribution is 0.660. The van der Waals surface area contributed by atoms with Crippen LogP contribution in [0.15, 0.2) is 176 Å². The molecule has 1 aromatic heterocycles. The van der Waals surface area contributed by atoms with Crippen LogP contribution in [0.1, 0.15) is 49.9 Å². The summed E-state index contributed by atoms with van der Waals surface area (Å²) < 4.78 is 2.73. The molecule has 2 aliphatic rings.